The Morgan fingerprint density at radius 3 is 2.52 bits per heavy atom. The largest absolute Gasteiger partial charge is 0.430 e. The first-order valence-electron chi connectivity index (χ1n) is 7.80. The van der Waals surface area contributed by atoms with Gasteiger partial charge in [0.2, 0.25) is 5.79 Å². The number of carbonyl (C=O) groups is 1. The maximum Gasteiger partial charge on any atom is 0.321 e. The summed E-state index contributed by atoms with van der Waals surface area (Å²) in [5.41, 5.74) is -1.84. The lowest BCUT2D eigenvalue weighted by molar-refractivity contribution is -0.209. The van der Waals surface area contributed by atoms with Gasteiger partial charge in [0.1, 0.15) is 17.6 Å². The molecule has 1 aliphatic heterocycles. The predicted molar refractivity (Wildman–Crippen MR) is 83.0 cm³/mol. The van der Waals surface area contributed by atoms with Crippen molar-refractivity contribution in [3.8, 4) is 0 Å². The first-order chi connectivity index (χ1) is 10.8. The first kappa shape index (κ1) is 17.9. The molecule has 6 atom stereocenters. The molecule has 2 rings (SSSR count). The summed E-state index contributed by atoms with van der Waals surface area (Å²) in [6.07, 6.45) is 7.37. The second-order valence-corrected chi connectivity index (χ2v) is 6.23. The quantitative estimate of drug-likeness (QED) is 0.339. The van der Waals surface area contributed by atoms with Gasteiger partial charge in [0, 0.05) is 12.8 Å². The van der Waals surface area contributed by atoms with Crippen LogP contribution in [0.2, 0.25) is 0 Å². The fraction of sp³-hybridized carbons (Fsp3) is 0.588. The van der Waals surface area contributed by atoms with Crippen molar-refractivity contribution in [1.29, 1.82) is 0 Å². The topological polar surface area (TPSA) is 107 Å². The van der Waals surface area contributed by atoms with Crippen LogP contribution in [0.3, 0.4) is 0 Å². The van der Waals surface area contributed by atoms with Crippen molar-refractivity contribution in [1.82, 2.24) is 0 Å². The van der Waals surface area contributed by atoms with Gasteiger partial charge in [0.15, 0.2) is 0 Å². The highest BCUT2D eigenvalue weighted by Crippen LogP contribution is 2.51. The van der Waals surface area contributed by atoms with Crippen molar-refractivity contribution in [2.24, 2.45) is 11.3 Å². The number of esters is 1. The third kappa shape index (κ3) is 2.87. The van der Waals surface area contributed by atoms with E-state index >= 15 is 0 Å². The highest BCUT2D eigenvalue weighted by Gasteiger charge is 2.69. The molecule has 1 saturated heterocycles. The van der Waals surface area contributed by atoms with Gasteiger partial charge in [-0.1, -0.05) is 49.8 Å². The molecule has 128 valence electrons. The van der Waals surface area contributed by atoms with E-state index in [-0.39, 0.29) is 0 Å². The molecule has 0 amide bonds. The molecule has 1 heterocycles. The highest BCUT2D eigenvalue weighted by atomic mass is 16.7. The Kier molecular flexibility index (Phi) is 5.10. The lowest BCUT2D eigenvalue weighted by Gasteiger charge is -2.42. The Morgan fingerprint density at radius 1 is 1.26 bits per heavy atom. The molecule has 1 spiro atoms. The summed E-state index contributed by atoms with van der Waals surface area (Å²) in [7, 11) is 0. The normalized spacial score (nSPS) is 43.8. The molecule has 6 nitrogen and oxygen atoms in total. The molecule has 6 unspecified atom stereocenters. The van der Waals surface area contributed by atoms with Crippen molar-refractivity contribution in [2.45, 2.75) is 50.8 Å². The number of allylic oxidation sites excluding steroid dienone is 5. The van der Waals surface area contributed by atoms with Crippen LogP contribution in [0, 0.1) is 11.3 Å². The lowest BCUT2D eigenvalue weighted by atomic mass is 9.62. The van der Waals surface area contributed by atoms with Crippen LogP contribution in [0.4, 0.5) is 0 Å². The molecule has 0 aromatic carbocycles. The van der Waals surface area contributed by atoms with Crippen LogP contribution in [-0.4, -0.2) is 50.5 Å². The minimum Gasteiger partial charge on any atom is -0.430 e. The summed E-state index contributed by atoms with van der Waals surface area (Å²) in [6.45, 7) is 3.21. The number of ether oxygens (including phenoxy) is 1. The van der Waals surface area contributed by atoms with Gasteiger partial charge in [-0.05, 0) is 6.42 Å². The third-order valence-electron chi connectivity index (χ3n) is 4.51. The Balaban J connectivity index is 2.39. The van der Waals surface area contributed by atoms with Crippen LogP contribution in [0.25, 0.3) is 0 Å². The van der Waals surface area contributed by atoms with Crippen molar-refractivity contribution >= 4 is 5.97 Å². The van der Waals surface area contributed by atoms with E-state index in [1.165, 1.54) is 12.2 Å². The second kappa shape index (κ2) is 6.57. The zero-order chi connectivity index (χ0) is 17.3. The number of cyclic esters (lactones) is 1. The van der Waals surface area contributed by atoms with E-state index in [0.29, 0.717) is 0 Å². The van der Waals surface area contributed by atoms with Crippen molar-refractivity contribution in [3.05, 3.63) is 36.5 Å². The molecule has 0 bridgehead atoms. The van der Waals surface area contributed by atoms with E-state index in [4.69, 9.17) is 4.74 Å². The van der Waals surface area contributed by atoms with Gasteiger partial charge in [-0.2, -0.15) is 0 Å². The summed E-state index contributed by atoms with van der Waals surface area (Å²) in [6, 6.07) is 0. The maximum absolute atomic E-state index is 12.4. The first-order valence-corrected chi connectivity index (χ1v) is 7.80. The van der Waals surface area contributed by atoms with Gasteiger partial charge in [0.05, 0.1) is 6.10 Å². The van der Waals surface area contributed by atoms with Gasteiger partial charge < -0.3 is 25.2 Å². The zero-order valence-corrected chi connectivity index (χ0v) is 13.3. The number of unbranched alkanes of at least 4 members (excludes halogenated alkanes) is 1. The summed E-state index contributed by atoms with van der Waals surface area (Å²) in [4.78, 5) is 12.4. The van der Waals surface area contributed by atoms with E-state index in [0.717, 1.165) is 19.8 Å². The highest BCUT2D eigenvalue weighted by molar-refractivity contribution is 5.83. The standard InChI is InChI=1S/C17H24O6/c1-3-4-5-6-7-8-11-9-10-12(18)13(19)17(11)14(20)16(2,22)23-15(17)21/h5-14,18-20,22H,3-4H2,1-2H3. The van der Waals surface area contributed by atoms with E-state index in [2.05, 4.69) is 6.92 Å². The maximum atomic E-state index is 12.4. The van der Waals surface area contributed by atoms with E-state index in [1.54, 1.807) is 12.2 Å². The zero-order valence-electron chi connectivity index (χ0n) is 13.3. The lowest BCUT2D eigenvalue weighted by Crippen LogP contribution is -2.59. The Hall–Kier alpha value is -1.47. The average molecular weight is 324 g/mol. The van der Waals surface area contributed by atoms with Crippen LogP contribution in [0.15, 0.2) is 36.5 Å². The fourth-order valence-electron chi connectivity index (χ4n) is 3.21. The van der Waals surface area contributed by atoms with Gasteiger partial charge in [-0.3, -0.25) is 4.79 Å². The minimum absolute atomic E-state index is 0.719. The molecule has 0 aromatic rings. The van der Waals surface area contributed by atoms with E-state index in [1.807, 2.05) is 12.2 Å². The van der Waals surface area contributed by atoms with Crippen molar-refractivity contribution in [3.63, 3.8) is 0 Å². The number of aliphatic hydroxyl groups excluding tert-OH is 3. The number of carbonyl (C=O) groups excluding carboxylic acids is 1. The monoisotopic (exact) mass is 324 g/mol. The summed E-state index contributed by atoms with van der Waals surface area (Å²) < 4.78 is 4.86. The third-order valence-corrected chi connectivity index (χ3v) is 4.51. The molecule has 6 heteroatoms. The molecular weight excluding hydrogens is 300 g/mol. The van der Waals surface area contributed by atoms with Crippen molar-refractivity contribution < 1.29 is 30.0 Å². The number of rotatable bonds is 4. The minimum atomic E-state index is -2.12. The van der Waals surface area contributed by atoms with Gasteiger partial charge in [-0.15, -0.1) is 0 Å². The van der Waals surface area contributed by atoms with Crippen LogP contribution >= 0.6 is 0 Å². The molecule has 0 aromatic heterocycles. The van der Waals surface area contributed by atoms with E-state index < -0.39 is 41.4 Å². The number of aliphatic hydroxyl groups is 4. The molecule has 0 radical (unpaired) electrons. The molecule has 1 aliphatic carbocycles. The fourth-order valence-corrected chi connectivity index (χ4v) is 3.21. The second-order valence-electron chi connectivity index (χ2n) is 6.23. The summed E-state index contributed by atoms with van der Waals surface area (Å²) in [5.74, 6) is -3.77. The summed E-state index contributed by atoms with van der Waals surface area (Å²) >= 11 is 0. The average Bonchev–Trinajstić information content (AvgIpc) is 2.66. The molecule has 23 heavy (non-hydrogen) atoms. The van der Waals surface area contributed by atoms with Crippen molar-refractivity contribution in [2.75, 3.05) is 0 Å². The Labute approximate surface area is 135 Å². The Bertz CT molecular complexity index is 535. The smallest absolute Gasteiger partial charge is 0.321 e. The molecule has 2 aliphatic rings. The van der Waals surface area contributed by atoms with Crippen LogP contribution in [0.1, 0.15) is 26.7 Å². The van der Waals surface area contributed by atoms with Crippen LogP contribution < -0.4 is 0 Å². The molecule has 4 N–H and O–H groups in total. The van der Waals surface area contributed by atoms with Gasteiger partial charge in [0.25, 0.3) is 0 Å². The van der Waals surface area contributed by atoms with Crippen LogP contribution in [-0.2, 0) is 9.53 Å². The van der Waals surface area contributed by atoms with Gasteiger partial charge >= 0.3 is 5.97 Å². The number of hydrogen-bond donors (Lipinski definition) is 4. The number of hydrogen-bond acceptors (Lipinski definition) is 6. The predicted octanol–water partition coefficient (Wildman–Crippen LogP) is 0.419. The molecule has 0 saturated carbocycles. The summed E-state index contributed by atoms with van der Waals surface area (Å²) in [5, 5.41) is 40.8. The molecular formula is C17H24O6. The Morgan fingerprint density at radius 2 is 1.96 bits per heavy atom. The SMILES string of the molecule is CCCC=CC=CC1C=CC(O)C(O)C12C(=O)OC(C)(O)C2O. The van der Waals surface area contributed by atoms with Gasteiger partial charge in [-0.25, -0.2) is 0 Å². The van der Waals surface area contributed by atoms with E-state index in [9.17, 15) is 25.2 Å². The molecule has 1 fully saturated rings. The van der Waals surface area contributed by atoms with Crippen LogP contribution in [0.5, 0.6) is 0 Å².